The largest absolute Gasteiger partial charge is 0.342 e. The van der Waals surface area contributed by atoms with Gasteiger partial charge in [-0.25, -0.2) is 8.42 Å². The van der Waals surface area contributed by atoms with Crippen LogP contribution in [0.15, 0.2) is 23.1 Å². The molecular weight excluding hydrogens is 414 g/mol. The lowest BCUT2D eigenvalue weighted by atomic mass is 9.93. The van der Waals surface area contributed by atoms with Crippen molar-refractivity contribution in [3.63, 3.8) is 0 Å². The number of piperidine rings is 1. The van der Waals surface area contributed by atoms with E-state index in [4.69, 9.17) is 0 Å². The van der Waals surface area contributed by atoms with E-state index in [1.807, 2.05) is 23.6 Å². The first-order valence-electron chi connectivity index (χ1n) is 11.6. The Kier molecular flexibility index (Phi) is 6.40. The molecule has 1 aromatic rings. The van der Waals surface area contributed by atoms with Gasteiger partial charge in [0.05, 0.1) is 4.90 Å². The molecule has 1 saturated heterocycles. The zero-order valence-corrected chi connectivity index (χ0v) is 19.4. The Hall–Kier alpha value is -1.93. The lowest BCUT2D eigenvalue weighted by Gasteiger charge is -2.36. The van der Waals surface area contributed by atoms with Crippen molar-refractivity contribution in [2.45, 2.75) is 57.3 Å². The number of aryl methyl sites for hydroxylation is 1. The van der Waals surface area contributed by atoms with E-state index in [2.05, 4.69) is 0 Å². The lowest BCUT2D eigenvalue weighted by Crippen LogP contribution is -2.46. The molecule has 0 radical (unpaired) electrons. The summed E-state index contributed by atoms with van der Waals surface area (Å²) >= 11 is 0. The summed E-state index contributed by atoms with van der Waals surface area (Å²) in [4.78, 5) is 29.7. The van der Waals surface area contributed by atoms with E-state index < -0.39 is 10.0 Å². The first kappa shape index (κ1) is 22.3. The Labute approximate surface area is 185 Å². The van der Waals surface area contributed by atoms with Gasteiger partial charge in [-0.2, -0.15) is 4.31 Å². The molecule has 2 amide bonds. The third-order valence-corrected chi connectivity index (χ3v) is 8.91. The standard InChI is InChI=1S/C23H33N3O4S/c1-3-25(4-2)31(29,30)20-9-10-21-19(16-20)6-5-13-26(21)23(28)18-11-14-24(15-12-18)22(27)17-7-8-17/h9-10,16-18H,3-8,11-15H2,1-2H3. The van der Waals surface area contributed by atoms with Gasteiger partial charge in [-0.15, -0.1) is 0 Å². The van der Waals surface area contributed by atoms with Gasteiger partial charge >= 0.3 is 0 Å². The molecule has 0 aromatic heterocycles. The summed E-state index contributed by atoms with van der Waals surface area (Å²) in [5.74, 6) is 0.520. The van der Waals surface area contributed by atoms with E-state index in [-0.39, 0.29) is 23.7 Å². The summed E-state index contributed by atoms with van der Waals surface area (Å²) < 4.78 is 27.2. The van der Waals surface area contributed by atoms with Gasteiger partial charge in [0.15, 0.2) is 0 Å². The molecule has 0 N–H and O–H groups in total. The normalized spacial score (nSPS) is 20.1. The zero-order chi connectivity index (χ0) is 22.2. The van der Waals surface area contributed by atoms with Crippen molar-refractivity contribution in [1.82, 2.24) is 9.21 Å². The molecule has 8 heteroatoms. The number of amides is 2. The first-order chi connectivity index (χ1) is 14.9. The molecule has 1 aliphatic carbocycles. The highest BCUT2D eigenvalue weighted by Gasteiger charge is 2.37. The third kappa shape index (κ3) is 4.37. The molecular formula is C23H33N3O4S. The van der Waals surface area contributed by atoms with Gasteiger partial charge in [0.1, 0.15) is 0 Å². The number of hydrogen-bond acceptors (Lipinski definition) is 4. The quantitative estimate of drug-likeness (QED) is 0.672. The van der Waals surface area contributed by atoms with Gasteiger partial charge in [0.25, 0.3) is 0 Å². The van der Waals surface area contributed by atoms with Crippen LogP contribution in [-0.2, 0) is 26.0 Å². The van der Waals surface area contributed by atoms with E-state index in [0.717, 1.165) is 36.9 Å². The highest BCUT2D eigenvalue weighted by atomic mass is 32.2. The highest BCUT2D eigenvalue weighted by Crippen LogP contribution is 2.35. The summed E-state index contributed by atoms with van der Waals surface area (Å²) in [6.07, 6.45) is 5.03. The van der Waals surface area contributed by atoms with Crippen LogP contribution in [0.1, 0.15) is 51.5 Å². The van der Waals surface area contributed by atoms with Crippen molar-refractivity contribution in [3.8, 4) is 0 Å². The monoisotopic (exact) mass is 447 g/mol. The minimum atomic E-state index is -3.52. The van der Waals surface area contributed by atoms with Crippen molar-refractivity contribution in [2.24, 2.45) is 11.8 Å². The van der Waals surface area contributed by atoms with Crippen molar-refractivity contribution in [3.05, 3.63) is 23.8 Å². The first-order valence-corrected chi connectivity index (χ1v) is 13.0. The van der Waals surface area contributed by atoms with Gasteiger partial charge < -0.3 is 9.80 Å². The predicted octanol–water partition coefficient (Wildman–Crippen LogP) is 2.64. The van der Waals surface area contributed by atoms with Crippen molar-refractivity contribution < 1.29 is 18.0 Å². The summed E-state index contributed by atoms with van der Waals surface area (Å²) in [7, 11) is -3.52. The molecule has 1 aromatic carbocycles. The number of fused-ring (bicyclic) bond motifs is 1. The van der Waals surface area contributed by atoms with Crippen LogP contribution in [0.5, 0.6) is 0 Å². The number of anilines is 1. The summed E-state index contributed by atoms with van der Waals surface area (Å²) in [6, 6.07) is 5.18. The Morgan fingerprint density at radius 2 is 1.61 bits per heavy atom. The third-order valence-electron chi connectivity index (χ3n) is 6.86. The molecule has 0 unspecified atom stereocenters. The number of carbonyl (C=O) groups excluding carboxylic acids is 2. The van der Waals surface area contributed by atoms with Crippen LogP contribution in [0.25, 0.3) is 0 Å². The lowest BCUT2D eigenvalue weighted by molar-refractivity contribution is -0.136. The molecule has 31 heavy (non-hydrogen) atoms. The maximum absolute atomic E-state index is 13.3. The fourth-order valence-electron chi connectivity index (χ4n) is 4.83. The maximum atomic E-state index is 13.3. The molecule has 2 fully saturated rings. The molecule has 0 bridgehead atoms. The number of sulfonamides is 1. The topological polar surface area (TPSA) is 78.0 Å². The highest BCUT2D eigenvalue weighted by molar-refractivity contribution is 7.89. The smallest absolute Gasteiger partial charge is 0.243 e. The van der Waals surface area contributed by atoms with Gasteiger partial charge in [-0.1, -0.05) is 13.8 Å². The molecule has 0 atom stereocenters. The Bertz CT molecular complexity index is 946. The molecule has 3 aliphatic rings. The fraction of sp³-hybridized carbons (Fsp3) is 0.652. The predicted molar refractivity (Wildman–Crippen MR) is 119 cm³/mol. The average Bonchev–Trinajstić information content (AvgIpc) is 3.63. The van der Waals surface area contributed by atoms with E-state index in [1.54, 1.807) is 18.2 Å². The van der Waals surface area contributed by atoms with E-state index in [1.165, 1.54) is 4.31 Å². The van der Waals surface area contributed by atoms with Crippen LogP contribution in [0.2, 0.25) is 0 Å². The minimum Gasteiger partial charge on any atom is -0.342 e. The molecule has 0 spiro atoms. The van der Waals surface area contributed by atoms with Crippen LogP contribution >= 0.6 is 0 Å². The van der Waals surface area contributed by atoms with Crippen LogP contribution in [0.4, 0.5) is 5.69 Å². The number of nitrogens with zero attached hydrogens (tertiary/aromatic N) is 3. The van der Waals surface area contributed by atoms with Crippen LogP contribution in [-0.4, -0.2) is 62.2 Å². The second-order valence-electron chi connectivity index (χ2n) is 8.85. The van der Waals surface area contributed by atoms with Crippen molar-refractivity contribution in [2.75, 3.05) is 37.6 Å². The molecule has 4 rings (SSSR count). The second kappa shape index (κ2) is 8.90. The number of likely N-dealkylation sites (tertiary alicyclic amines) is 1. The van der Waals surface area contributed by atoms with E-state index in [9.17, 15) is 18.0 Å². The summed E-state index contributed by atoms with van der Waals surface area (Å²) in [6.45, 7) is 6.52. The van der Waals surface area contributed by atoms with Crippen molar-refractivity contribution >= 4 is 27.5 Å². The van der Waals surface area contributed by atoms with Gasteiger partial charge in [-0.05, 0) is 62.3 Å². The Morgan fingerprint density at radius 1 is 0.968 bits per heavy atom. The van der Waals surface area contributed by atoms with Crippen LogP contribution < -0.4 is 4.90 Å². The zero-order valence-electron chi connectivity index (χ0n) is 18.5. The average molecular weight is 448 g/mol. The van der Waals surface area contributed by atoms with E-state index in [0.29, 0.717) is 50.5 Å². The number of benzene rings is 1. The molecule has 170 valence electrons. The number of rotatable bonds is 6. The SMILES string of the molecule is CCN(CC)S(=O)(=O)c1ccc2c(c1)CCCN2C(=O)C1CCN(C(=O)C2CC2)CC1. The molecule has 1 saturated carbocycles. The second-order valence-corrected chi connectivity index (χ2v) is 10.8. The number of carbonyl (C=O) groups is 2. The fourth-order valence-corrected chi connectivity index (χ4v) is 6.34. The maximum Gasteiger partial charge on any atom is 0.243 e. The Morgan fingerprint density at radius 3 is 2.23 bits per heavy atom. The number of hydrogen-bond donors (Lipinski definition) is 0. The van der Waals surface area contributed by atoms with Crippen LogP contribution in [0, 0.1) is 11.8 Å². The van der Waals surface area contributed by atoms with E-state index >= 15 is 0 Å². The molecule has 2 aliphatic heterocycles. The van der Waals surface area contributed by atoms with Crippen molar-refractivity contribution in [1.29, 1.82) is 0 Å². The molecule has 2 heterocycles. The van der Waals surface area contributed by atoms with Gasteiger partial charge in [0, 0.05) is 50.2 Å². The summed E-state index contributed by atoms with van der Waals surface area (Å²) in [5.41, 5.74) is 1.76. The minimum absolute atomic E-state index is 0.0757. The Balaban J connectivity index is 1.48. The molecule has 7 nitrogen and oxygen atoms in total. The van der Waals surface area contributed by atoms with Crippen LogP contribution in [0.3, 0.4) is 0 Å². The summed E-state index contributed by atoms with van der Waals surface area (Å²) in [5, 5.41) is 0. The van der Waals surface area contributed by atoms with Gasteiger partial charge in [-0.3, -0.25) is 9.59 Å². The van der Waals surface area contributed by atoms with Gasteiger partial charge in [0.2, 0.25) is 21.8 Å².